The number of amides is 1. The molecular weight excluding hydrogens is 324 g/mol. The number of alkyl halides is 2. The molecule has 0 radical (unpaired) electrons. The minimum Gasteiger partial charge on any atom is -0.435 e. The molecule has 0 aliphatic rings. The van der Waals surface area contributed by atoms with Crippen molar-refractivity contribution in [3.8, 4) is 5.75 Å². The van der Waals surface area contributed by atoms with Crippen molar-refractivity contribution in [2.45, 2.75) is 13.2 Å². The van der Waals surface area contributed by atoms with Gasteiger partial charge in [0.1, 0.15) is 5.75 Å². The van der Waals surface area contributed by atoms with Gasteiger partial charge in [0.15, 0.2) is 0 Å². The molecule has 1 amide bonds. The Morgan fingerprint density at radius 2 is 2.04 bits per heavy atom. The highest BCUT2D eigenvalue weighted by atomic mass is 19.3. The predicted molar refractivity (Wildman–Crippen MR) is 82.0 cm³/mol. The normalized spacial score (nSPS) is 10.5. The van der Waals surface area contributed by atoms with Crippen LogP contribution >= 0.6 is 0 Å². The molecule has 0 aliphatic heterocycles. The molecule has 24 heavy (non-hydrogen) atoms. The van der Waals surface area contributed by atoms with Crippen LogP contribution in [0.1, 0.15) is 15.9 Å². The maximum Gasteiger partial charge on any atom is 0.387 e. The van der Waals surface area contributed by atoms with E-state index in [1.807, 2.05) is 0 Å². The molecule has 0 heterocycles. The van der Waals surface area contributed by atoms with Crippen molar-refractivity contribution in [2.24, 2.45) is 5.73 Å². The number of carbonyl (C=O) groups excluding carboxylic acids is 1. The number of nitrogens with zero attached hydrogens (tertiary/aromatic N) is 1. The number of hydrogen-bond donors (Lipinski definition) is 2. The Bertz CT molecular complexity index is 768. The fourth-order valence-corrected chi connectivity index (χ4v) is 2.03. The Labute approximate surface area is 135 Å². The Morgan fingerprint density at radius 3 is 2.67 bits per heavy atom. The van der Waals surface area contributed by atoms with E-state index in [0.717, 1.165) is 6.07 Å². The number of halogens is 2. The zero-order valence-electron chi connectivity index (χ0n) is 12.2. The number of carbonyl (C=O) groups is 1. The third-order valence-corrected chi connectivity index (χ3v) is 3.09. The predicted octanol–water partition coefficient (Wildman–Crippen LogP) is 2.91. The lowest BCUT2D eigenvalue weighted by molar-refractivity contribution is -0.384. The van der Waals surface area contributed by atoms with Gasteiger partial charge in [0.25, 0.3) is 11.6 Å². The van der Waals surface area contributed by atoms with Crippen LogP contribution in [0, 0.1) is 10.1 Å². The summed E-state index contributed by atoms with van der Waals surface area (Å²) in [6.45, 7) is -2.75. The van der Waals surface area contributed by atoms with Gasteiger partial charge in [0.2, 0.25) is 0 Å². The van der Waals surface area contributed by atoms with Gasteiger partial charge in [-0.3, -0.25) is 14.9 Å². The Kier molecular flexibility index (Phi) is 5.25. The summed E-state index contributed by atoms with van der Waals surface area (Å²) in [5.41, 5.74) is 5.84. The molecule has 0 bridgehead atoms. The summed E-state index contributed by atoms with van der Waals surface area (Å²) >= 11 is 0. The van der Waals surface area contributed by atoms with E-state index in [1.54, 1.807) is 12.1 Å². The van der Waals surface area contributed by atoms with E-state index in [0.29, 0.717) is 11.3 Å². The summed E-state index contributed by atoms with van der Waals surface area (Å²) < 4.78 is 28.7. The number of nitrogens with one attached hydrogen (secondary N) is 1. The first kappa shape index (κ1) is 17.1. The molecule has 0 saturated heterocycles. The number of anilines is 1. The average Bonchev–Trinajstić information content (AvgIpc) is 2.52. The number of nitrogens with two attached hydrogens (primary N) is 1. The zero-order valence-corrected chi connectivity index (χ0v) is 12.2. The number of ether oxygens (including phenoxy) is 1. The van der Waals surface area contributed by atoms with E-state index in [2.05, 4.69) is 10.1 Å². The van der Waals surface area contributed by atoms with Gasteiger partial charge in [0.05, 0.1) is 10.5 Å². The molecule has 0 spiro atoms. The number of hydrogen-bond acceptors (Lipinski definition) is 5. The van der Waals surface area contributed by atoms with Crippen molar-refractivity contribution < 1.29 is 23.2 Å². The molecule has 7 nitrogen and oxygen atoms in total. The van der Waals surface area contributed by atoms with Crippen molar-refractivity contribution in [3.05, 3.63) is 63.7 Å². The largest absolute Gasteiger partial charge is 0.435 e. The highest BCUT2D eigenvalue weighted by Crippen LogP contribution is 2.23. The van der Waals surface area contributed by atoms with Crippen LogP contribution in [0.5, 0.6) is 5.75 Å². The second kappa shape index (κ2) is 7.36. The number of primary amides is 1. The fourth-order valence-electron chi connectivity index (χ4n) is 2.03. The van der Waals surface area contributed by atoms with Crippen molar-refractivity contribution in [1.29, 1.82) is 0 Å². The molecule has 3 N–H and O–H groups in total. The van der Waals surface area contributed by atoms with Crippen molar-refractivity contribution >= 4 is 17.3 Å². The highest BCUT2D eigenvalue weighted by Gasteiger charge is 2.14. The summed E-state index contributed by atoms with van der Waals surface area (Å²) in [6.07, 6.45) is 0. The van der Waals surface area contributed by atoms with Crippen LogP contribution < -0.4 is 15.8 Å². The molecule has 0 aliphatic carbocycles. The average molecular weight is 337 g/mol. The number of rotatable bonds is 7. The monoisotopic (exact) mass is 337 g/mol. The van der Waals surface area contributed by atoms with Gasteiger partial charge in [-0.25, -0.2) is 0 Å². The number of non-ortho nitro benzene ring substituents is 1. The van der Waals surface area contributed by atoms with Gasteiger partial charge in [-0.1, -0.05) is 12.1 Å². The van der Waals surface area contributed by atoms with Crippen LogP contribution in [0.2, 0.25) is 0 Å². The van der Waals surface area contributed by atoms with Crippen molar-refractivity contribution in [1.82, 2.24) is 0 Å². The van der Waals surface area contributed by atoms with Gasteiger partial charge in [-0.15, -0.1) is 0 Å². The van der Waals surface area contributed by atoms with Crippen LogP contribution in [0.15, 0.2) is 42.5 Å². The summed E-state index contributed by atoms with van der Waals surface area (Å²) in [5.74, 6) is -0.820. The maximum absolute atomic E-state index is 12.2. The quantitative estimate of drug-likeness (QED) is 0.596. The summed E-state index contributed by atoms with van der Waals surface area (Å²) in [6, 6.07) is 9.66. The van der Waals surface area contributed by atoms with E-state index < -0.39 is 17.4 Å². The van der Waals surface area contributed by atoms with Crippen molar-refractivity contribution in [3.63, 3.8) is 0 Å². The standard InChI is InChI=1S/C15H13F2N3O4/c16-15(17)24-11-3-1-2-9(6-11)8-19-13-5-4-10(20(22)23)7-12(13)14(18)21/h1-7,15,19H,8H2,(H2,18,21). The Morgan fingerprint density at radius 1 is 1.29 bits per heavy atom. The molecule has 126 valence electrons. The van der Waals surface area contributed by atoms with Crippen molar-refractivity contribution in [2.75, 3.05) is 5.32 Å². The van der Waals surface area contributed by atoms with Crippen LogP contribution in [0.3, 0.4) is 0 Å². The van der Waals surface area contributed by atoms with Crippen LogP contribution in [-0.4, -0.2) is 17.4 Å². The Hall–Kier alpha value is -3.23. The van der Waals surface area contributed by atoms with E-state index >= 15 is 0 Å². The number of nitro benzene ring substituents is 1. The topological polar surface area (TPSA) is 107 Å². The molecule has 0 atom stereocenters. The molecule has 2 rings (SSSR count). The first-order chi connectivity index (χ1) is 11.4. The fraction of sp³-hybridized carbons (Fsp3) is 0.133. The van der Waals surface area contributed by atoms with E-state index in [9.17, 15) is 23.7 Å². The zero-order chi connectivity index (χ0) is 17.7. The number of nitro groups is 1. The maximum atomic E-state index is 12.2. The summed E-state index contributed by atoms with van der Waals surface area (Å²) in [7, 11) is 0. The molecular formula is C15H13F2N3O4. The SMILES string of the molecule is NC(=O)c1cc([N+](=O)[O-])ccc1NCc1cccc(OC(F)F)c1. The minimum absolute atomic E-state index is 0.00289. The van der Waals surface area contributed by atoms with Gasteiger partial charge in [-0.2, -0.15) is 8.78 Å². The van der Waals surface area contributed by atoms with Crippen LogP contribution in [0.25, 0.3) is 0 Å². The van der Waals surface area contributed by atoms with E-state index in [1.165, 1.54) is 24.3 Å². The van der Waals surface area contributed by atoms with E-state index in [4.69, 9.17) is 5.73 Å². The van der Waals surface area contributed by atoms with Crippen LogP contribution in [0.4, 0.5) is 20.2 Å². The second-order valence-corrected chi connectivity index (χ2v) is 4.73. The third-order valence-electron chi connectivity index (χ3n) is 3.09. The molecule has 0 aromatic heterocycles. The highest BCUT2D eigenvalue weighted by molar-refractivity contribution is 5.99. The molecule has 0 unspecified atom stereocenters. The second-order valence-electron chi connectivity index (χ2n) is 4.73. The molecule has 0 fully saturated rings. The van der Waals surface area contributed by atoms with Crippen LogP contribution in [-0.2, 0) is 6.54 Å². The minimum atomic E-state index is -2.93. The summed E-state index contributed by atoms with van der Waals surface area (Å²) in [4.78, 5) is 21.6. The summed E-state index contributed by atoms with van der Waals surface area (Å²) in [5, 5.41) is 13.6. The Balaban J connectivity index is 2.17. The number of benzene rings is 2. The lowest BCUT2D eigenvalue weighted by Gasteiger charge is -2.11. The molecule has 0 saturated carbocycles. The molecule has 9 heteroatoms. The van der Waals surface area contributed by atoms with Gasteiger partial charge < -0.3 is 15.8 Å². The van der Waals surface area contributed by atoms with Gasteiger partial charge in [0, 0.05) is 24.4 Å². The smallest absolute Gasteiger partial charge is 0.387 e. The lowest BCUT2D eigenvalue weighted by Crippen LogP contribution is -2.15. The first-order valence-electron chi connectivity index (χ1n) is 6.72. The lowest BCUT2D eigenvalue weighted by atomic mass is 10.1. The molecule has 2 aromatic rings. The van der Waals surface area contributed by atoms with E-state index in [-0.39, 0.29) is 23.5 Å². The third kappa shape index (κ3) is 4.38. The first-order valence-corrected chi connectivity index (χ1v) is 6.72. The van der Waals surface area contributed by atoms with Gasteiger partial charge >= 0.3 is 6.61 Å². The van der Waals surface area contributed by atoms with Gasteiger partial charge in [-0.05, 0) is 23.8 Å². The molecule has 2 aromatic carbocycles.